The van der Waals surface area contributed by atoms with E-state index in [1.54, 1.807) is 31.4 Å². The molecule has 1 aromatic rings. The highest BCUT2D eigenvalue weighted by Gasteiger charge is 2.05. The predicted molar refractivity (Wildman–Crippen MR) is 69.8 cm³/mol. The van der Waals surface area contributed by atoms with Crippen molar-refractivity contribution in [2.45, 2.75) is 6.42 Å². The topological polar surface area (TPSA) is 73.6 Å². The van der Waals surface area contributed by atoms with E-state index in [9.17, 15) is 4.79 Å². The van der Waals surface area contributed by atoms with E-state index in [1.807, 2.05) is 0 Å². The van der Waals surface area contributed by atoms with Crippen LogP contribution in [0.1, 0.15) is 16.8 Å². The van der Waals surface area contributed by atoms with Crippen LogP contribution in [0.5, 0.6) is 5.75 Å². The number of nitrogens with two attached hydrogens (primary N) is 1. The zero-order valence-electron chi connectivity index (χ0n) is 10.6. The summed E-state index contributed by atoms with van der Waals surface area (Å²) in [5, 5.41) is 2.82. The molecule has 0 spiro atoms. The molecular weight excluding hydrogens is 232 g/mol. The van der Waals surface area contributed by atoms with Gasteiger partial charge in [0.05, 0.1) is 13.7 Å². The van der Waals surface area contributed by atoms with Gasteiger partial charge in [-0.2, -0.15) is 0 Å². The molecule has 0 fully saturated rings. The van der Waals surface area contributed by atoms with E-state index in [0.29, 0.717) is 37.6 Å². The Balaban J connectivity index is 2.27. The number of hydrogen-bond donors (Lipinski definition) is 2. The fourth-order valence-corrected chi connectivity index (χ4v) is 1.43. The SMILES string of the molecule is COc1cccc(C(=O)NCCCOCCN)c1. The van der Waals surface area contributed by atoms with E-state index in [2.05, 4.69) is 5.32 Å². The van der Waals surface area contributed by atoms with E-state index in [1.165, 1.54) is 0 Å². The molecule has 100 valence electrons. The molecule has 0 radical (unpaired) electrons. The van der Waals surface area contributed by atoms with Crippen molar-refractivity contribution in [3.05, 3.63) is 29.8 Å². The normalized spacial score (nSPS) is 10.1. The van der Waals surface area contributed by atoms with Gasteiger partial charge < -0.3 is 20.5 Å². The van der Waals surface area contributed by atoms with Crippen LogP contribution in [0.3, 0.4) is 0 Å². The van der Waals surface area contributed by atoms with E-state index in [0.717, 1.165) is 6.42 Å². The lowest BCUT2D eigenvalue weighted by Gasteiger charge is -2.07. The molecule has 0 aliphatic carbocycles. The molecule has 18 heavy (non-hydrogen) atoms. The van der Waals surface area contributed by atoms with Crippen LogP contribution in [0, 0.1) is 0 Å². The van der Waals surface area contributed by atoms with Gasteiger partial charge in [0.2, 0.25) is 0 Å². The monoisotopic (exact) mass is 252 g/mol. The number of rotatable bonds is 8. The van der Waals surface area contributed by atoms with Crippen molar-refractivity contribution in [3.63, 3.8) is 0 Å². The van der Waals surface area contributed by atoms with Gasteiger partial charge in [-0.3, -0.25) is 4.79 Å². The van der Waals surface area contributed by atoms with Gasteiger partial charge in [0.1, 0.15) is 5.75 Å². The highest BCUT2D eigenvalue weighted by atomic mass is 16.5. The molecule has 1 rings (SSSR count). The first-order chi connectivity index (χ1) is 8.77. The summed E-state index contributed by atoms with van der Waals surface area (Å²) < 4.78 is 10.3. The molecule has 0 aromatic heterocycles. The summed E-state index contributed by atoms with van der Waals surface area (Å²) >= 11 is 0. The van der Waals surface area contributed by atoms with Crippen molar-refractivity contribution in [2.24, 2.45) is 5.73 Å². The first kappa shape index (κ1) is 14.5. The number of carbonyl (C=O) groups excluding carboxylic acids is 1. The second kappa shape index (κ2) is 8.49. The molecule has 0 heterocycles. The number of nitrogens with one attached hydrogen (secondary N) is 1. The maximum atomic E-state index is 11.8. The molecule has 5 nitrogen and oxygen atoms in total. The first-order valence-corrected chi connectivity index (χ1v) is 5.98. The van der Waals surface area contributed by atoms with E-state index in [4.69, 9.17) is 15.2 Å². The summed E-state index contributed by atoms with van der Waals surface area (Å²) in [5.74, 6) is 0.571. The van der Waals surface area contributed by atoms with E-state index < -0.39 is 0 Å². The standard InChI is InChI=1S/C13H20N2O3/c1-17-12-5-2-4-11(10-12)13(16)15-7-3-8-18-9-6-14/h2,4-5,10H,3,6-9,14H2,1H3,(H,15,16). The molecule has 1 aromatic carbocycles. The molecule has 0 saturated heterocycles. The minimum atomic E-state index is -0.104. The van der Waals surface area contributed by atoms with Gasteiger partial charge in [0.25, 0.3) is 5.91 Å². The Labute approximate surface area is 107 Å². The molecule has 0 atom stereocenters. The van der Waals surface area contributed by atoms with Crippen molar-refractivity contribution in [3.8, 4) is 5.75 Å². The molecule has 5 heteroatoms. The second-order valence-electron chi connectivity index (χ2n) is 3.74. The van der Waals surface area contributed by atoms with E-state index in [-0.39, 0.29) is 5.91 Å². The molecule has 1 amide bonds. The van der Waals surface area contributed by atoms with Gasteiger partial charge in [-0.1, -0.05) is 6.07 Å². The van der Waals surface area contributed by atoms with Crippen molar-refractivity contribution in [1.82, 2.24) is 5.32 Å². The molecule has 0 aliphatic heterocycles. The number of hydrogen-bond acceptors (Lipinski definition) is 4. The third kappa shape index (κ3) is 5.16. The van der Waals surface area contributed by atoms with Crippen LogP contribution in [0.4, 0.5) is 0 Å². The summed E-state index contributed by atoms with van der Waals surface area (Å²) in [6.45, 7) is 2.27. The fourth-order valence-electron chi connectivity index (χ4n) is 1.43. The molecule has 3 N–H and O–H groups in total. The van der Waals surface area contributed by atoms with Crippen molar-refractivity contribution >= 4 is 5.91 Å². The smallest absolute Gasteiger partial charge is 0.251 e. The molecule has 0 saturated carbocycles. The van der Waals surface area contributed by atoms with Crippen LogP contribution < -0.4 is 15.8 Å². The Morgan fingerprint density at radius 2 is 2.22 bits per heavy atom. The molecule has 0 unspecified atom stereocenters. The van der Waals surface area contributed by atoms with Gasteiger partial charge in [-0.25, -0.2) is 0 Å². The number of ether oxygens (including phenoxy) is 2. The van der Waals surface area contributed by atoms with Crippen LogP contribution in [-0.4, -0.2) is 39.3 Å². The number of benzene rings is 1. The highest BCUT2D eigenvalue weighted by molar-refractivity contribution is 5.94. The third-order valence-corrected chi connectivity index (χ3v) is 2.35. The summed E-state index contributed by atoms with van der Waals surface area (Å²) in [7, 11) is 1.58. The fraction of sp³-hybridized carbons (Fsp3) is 0.462. The van der Waals surface area contributed by atoms with Gasteiger partial charge in [0.15, 0.2) is 0 Å². The number of carbonyl (C=O) groups is 1. The lowest BCUT2D eigenvalue weighted by Crippen LogP contribution is -2.25. The van der Waals surface area contributed by atoms with Crippen LogP contribution in [0.15, 0.2) is 24.3 Å². The zero-order valence-corrected chi connectivity index (χ0v) is 10.6. The maximum absolute atomic E-state index is 11.8. The van der Waals surface area contributed by atoms with Crippen molar-refractivity contribution in [2.75, 3.05) is 33.4 Å². The maximum Gasteiger partial charge on any atom is 0.251 e. The highest BCUT2D eigenvalue weighted by Crippen LogP contribution is 2.12. The zero-order chi connectivity index (χ0) is 13.2. The number of amides is 1. The van der Waals surface area contributed by atoms with Gasteiger partial charge in [0, 0.05) is 25.3 Å². The lowest BCUT2D eigenvalue weighted by molar-refractivity contribution is 0.0942. The molecule has 0 aliphatic rings. The minimum absolute atomic E-state index is 0.104. The Morgan fingerprint density at radius 3 is 2.94 bits per heavy atom. The lowest BCUT2D eigenvalue weighted by atomic mass is 10.2. The van der Waals surface area contributed by atoms with Crippen LogP contribution in [0.25, 0.3) is 0 Å². The Hall–Kier alpha value is -1.59. The average Bonchev–Trinajstić information content (AvgIpc) is 2.42. The Bertz CT molecular complexity index is 369. The van der Waals surface area contributed by atoms with Crippen LogP contribution in [0.2, 0.25) is 0 Å². The van der Waals surface area contributed by atoms with Crippen LogP contribution >= 0.6 is 0 Å². The van der Waals surface area contributed by atoms with Gasteiger partial charge >= 0.3 is 0 Å². The number of methoxy groups -OCH3 is 1. The van der Waals surface area contributed by atoms with Crippen molar-refractivity contribution < 1.29 is 14.3 Å². The van der Waals surface area contributed by atoms with Crippen molar-refractivity contribution in [1.29, 1.82) is 0 Å². The van der Waals surface area contributed by atoms with Crippen LogP contribution in [-0.2, 0) is 4.74 Å². The van der Waals surface area contributed by atoms with Gasteiger partial charge in [-0.05, 0) is 24.6 Å². The van der Waals surface area contributed by atoms with Gasteiger partial charge in [-0.15, -0.1) is 0 Å². The summed E-state index contributed by atoms with van der Waals surface area (Å²) in [6, 6.07) is 7.05. The third-order valence-electron chi connectivity index (χ3n) is 2.35. The van der Waals surface area contributed by atoms with E-state index >= 15 is 0 Å². The average molecular weight is 252 g/mol. The quantitative estimate of drug-likeness (QED) is 0.671. The largest absolute Gasteiger partial charge is 0.497 e. The summed E-state index contributed by atoms with van der Waals surface area (Å²) in [6.07, 6.45) is 0.774. The Morgan fingerprint density at radius 1 is 1.39 bits per heavy atom. The first-order valence-electron chi connectivity index (χ1n) is 5.98. The summed E-state index contributed by atoms with van der Waals surface area (Å²) in [5.41, 5.74) is 5.88. The molecular formula is C13H20N2O3. The second-order valence-corrected chi connectivity index (χ2v) is 3.74. The predicted octanol–water partition coefficient (Wildman–Crippen LogP) is 0.790. The molecule has 0 bridgehead atoms. The Kier molecular flexibility index (Phi) is 6.83. The summed E-state index contributed by atoms with van der Waals surface area (Å²) in [4.78, 5) is 11.8. The minimum Gasteiger partial charge on any atom is -0.497 e.